The standard InChI is InChI=1S/C11H8Cl2FN3O2/c12-7-3-8(13)5-9(4-7)17-11(18)16-10(6-15-17)19-2-1-14/h3-6H,1-2H2. The predicted molar refractivity (Wildman–Crippen MR) is 69.1 cm³/mol. The normalized spacial score (nSPS) is 10.5. The van der Waals surface area contributed by atoms with Crippen LogP contribution in [0, 0.1) is 0 Å². The first-order valence-electron chi connectivity index (χ1n) is 5.22. The molecule has 0 N–H and O–H groups in total. The molecule has 2 rings (SSSR count). The summed E-state index contributed by atoms with van der Waals surface area (Å²) in [4.78, 5) is 15.4. The van der Waals surface area contributed by atoms with Crippen LogP contribution in [0.15, 0.2) is 29.2 Å². The molecule has 0 spiro atoms. The summed E-state index contributed by atoms with van der Waals surface area (Å²) in [6.45, 7) is -0.851. The third-order valence-corrected chi connectivity index (χ3v) is 2.53. The molecule has 0 amide bonds. The van der Waals surface area contributed by atoms with Crippen LogP contribution in [0.3, 0.4) is 0 Å². The molecule has 0 saturated carbocycles. The lowest BCUT2D eigenvalue weighted by Crippen LogP contribution is -2.24. The van der Waals surface area contributed by atoms with E-state index in [4.69, 9.17) is 27.9 Å². The van der Waals surface area contributed by atoms with Crippen LogP contribution in [0.1, 0.15) is 0 Å². The maximum absolute atomic E-state index is 11.9. The van der Waals surface area contributed by atoms with Crippen LogP contribution >= 0.6 is 23.2 Å². The molecule has 0 aliphatic carbocycles. The quantitative estimate of drug-likeness (QED) is 0.869. The first kappa shape index (κ1) is 13.8. The second-order valence-corrected chi connectivity index (χ2v) is 4.33. The van der Waals surface area contributed by atoms with Crippen LogP contribution < -0.4 is 10.4 Å². The molecule has 0 aliphatic heterocycles. The lowest BCUT2D eigenvalue weighted by molar-refractivity contribution is 0.261. The van der Waals surface area contributed by atoms with Crippen molar-refractivity contribution in [2.75, 3.05) is 13.3 Å². The molecule has 1 aromatic carbocycles. The monoisotopic (exact) mass is 303 g/mol. The van der Waals surface area contributed by atoms with Gasteiger partial charge < -0.3 is 4.74 Å². The summed E-state index contributed by atoms with van der Waals surface area (Å²) in [5, 5.41) is 4.60. The van der Waals surface area contributed by atoms with Crippen LogP contribution in [0.25, 0.3) is 5.69 Å². The molecular weight excluding hydrogens is 296 g/mol. The molecule has 2 aromatic rings. The van der Waals surface area contributed by atoms with Crippen LogP contribution in [-0.4, -0.2) is 28.0 Å². The van der Waals surface area contributed by atoms with E-state index < -0.39 is 12.4 Å². The number of rotatable bonds is 4. The number of hydrogen-bond acceptors (Lipinski definition) is 4. The van der Waals surface area contributed by atoms with Gasteiger partial charge in [-0.25, -0.2) is 9.18 Å². The summed E-state index contributed by atoms with van der Waals surface area (Å²) >= 11 is 11.7. The largest absolute Gasteiger partial charge is 0.474 e. The third kappa shape index (κ3) is 3.42. The Bertz CT molecular complexity index is 628. The molecule has 5 nitrogen and oxygen atoms in total. The van der Waals surface area contributed by atoms with Gasteiger partial charge in [0, 0.05) is 10.0 Å². The van der Waals surface area contributed by atoms with Gasteiger partial charge in [-0.05, 0) is 18.2 Å². The fourth-order valence-electron chi connectivity index (χ4n) is 1.38. The molecule has 0 bridgehead atoms. The summed E-state index contributed by atoms with van der Waals surface area (Å²) in [6.07, 6.45) is 1.21. The Morgan fingerprint density at radius 1 is 1.26 bits per heavy atom. The summed E-state index contributed by atoms with van der Waals surface area (Å²) in [5.74, 6) is -0.0352. The molecule has 1 heterocycles. The Hall–Kier alpha value is -1.66. The molecule has 1 aromatic heterocycles. The first-order chi connectivity index (χ1) is 9.10. The second-order valence-electron chi connectivity index (χ2n) is 3.45. The zero-order chi connectivity index (χ0) is 13.8. The van der Waals surface area contributed by atoms with E-state index in [-0.39, 0.29) is 12.5 Å². The number of aromatic nitrogens is 3. The first-order valence-corrected chi connectivity index (χ1v) is 5.97. The number of ether oxygens (including phenoxy) is 1. The van der Waals surface area contributed by atoms with Crippen molar-refractivity contribution in [2.24, 2.45) is 0 Å². The van der Waals surface area contributed by atoms with Crippen molar-refractivity contribution in [3.63, 3.8) is 0 Å². The maximum Gasteiger partial charge on any atom is 0.372 e. The number of benzene rings is 1. The molecule has 19 heavy (non-hydrogen) atoms. The Kier molecular flexibility index (Phi) is 4.34. The van der Waals surface area contributed by atoms with Gasteiger partial charge in [0.05, 0.1) is 5.69 Å². The minimum Gasteiger partial charge on any atom is -0.474 e. The van der Waals surface area contributed by atoms with E-state index in [1.165, 1.54) is 24.4 Å². The zero-order valence-corrected chi connectivity index (χ0v) is 11.0. The summed E-state index contributed by atoms with van der Waals surface area (Å²) < 4.78 is 17.8. The highest BCUT2D eigenvalue weighted by Crippen LogP contribution is 2.20. The fraction of sp³-hybridized carbons (Fsp3) is 0.182. The average Bonchev–Trinajstić information content (AvgIpc) is 2.35. The third-order valence-electron chi connectivity index (χ3n) is 2.09. The second kappa shape index (κ2) is 5.99. The van der Waals surface area contributed by atoms with E-state index in [1.54, 1.807) is 0 Å². The Labute approximate surface area is 117 Å². The van der Waals surface area contributed by atoms with E-state index in [1.807, 2.05) is 0 Å². The van der Waals surface area contributed by atoms with Gasteiger partial charge in [-0.1, -0.05) is 23.2 Å². The molecule has 8 heteroatoms. The molecule has 0 unspecified atom stereocenters. The van der Waals surface area contributed by atoms with Crippen LogP contribution in [-0.2, 0) is 0 Å². The minimum absolute atomic E-state index is 0.0352. The van der Waals surface area contributed by atoms with Gasteiger partial charge in [-0.15, -0.1) is 0 Å². The van der Waals surface area contributed by atoms with E-state index in [9.17, 15) is 9.18 Å². The SMILES string of the molecule is O=c1nc(OCCF)cnn1-c1cc(Cl)cc(Cl)c1. The van der Waals surface area contributed by atoms with Crippen molar-refractivity contribution in [3.8, 4) is 11.6 Å². The summed E-state index contributed by atoms with van der Waals surface area (Å²) in [6, 6.07) is 4.57. The predicted octanol–water partition coefficient (Wildman–Crippen LogP) is 2.28. The van der Waals surface area contributed by atoms with E-state index in [0.29, 0.717) is 15.7 Å². The molecule has 0 atom stereocenters. The Morgan fingerprint density at radius 3 is 2.53 bits per heavy atom. The van der Waals surface area contributed by atoms with Crippen LogP contribution in [0.2, 0.25) is 10.0 Å². The smallest absolute Gasteiger partial charge is 0.372 e. The minimum atomic E-state index is -0.672. The fourth-order valence-corrected chi connectivity index (χ4v) is 1.89. The number of hydrogen-bond donors (Lipinski definition) is 0. The lowest BCUT2D eigenvalue weighted by atomic mass is 10.3. The van der Waals surface area contributed by atoms with Crippen molar-refractivity contribution in [3.05, 3.63) is 44.9 Å². The van der Waals surface area contributed by atoms with Crippen LogP contribution in [0.4, 0.5) is 4.39 Å². The van der Waals surface area contributed by atoms with Gasteiger partial charge in [0.1, 0.15) is 19.5 Å². The summed E-state index contributed by atoms with van der Waals surface area (Å²) in [5.41, 5.74) is -0.290. The Balaban J connectivity index is 2.37. The zero-order valence-electron chi connectivity index (χ0n) is 9.52. The number of alkyl halides is 1. The highest BCUT2D eigenvalue weighted by atomic mass is 35.5. The lowest BCUT2D eigenvalue weighted by Gasteiger charge is -2.06. The van der Waals surface area contributed by atoms with Crippen LogP contribution in [0.5, 0.6) is 5.88 Å². The number of halogens is 3. The average molecular weight is 304 g/mol. The van der Waals surface area contributed by atoms with Crippen molar-refractivity contribution in [1.82, 2.24) is 14.8 Å². The Morgan fingerprint density at radius 2 is 1.95 bits per heavy atom. The van der Waals surface area contributed by atoms with E-state index in [0.717, 1.165) is 4.68 Å². The highest BCUT2D eigenvalue weighted by molar-refractivity contribution is 6.34. The molecular formula is C11H8Cl2FN3O2. The molecule has 0 fully saturated rings. The van der Waals surface area contributed by atoms with Crippen molar-refractivity contribution in [1.29, 1.82) is 0 Å². The topological polar surface area (TPSA) is 57.0 Å². The van der Waals surface area contributed by atoms with Crippen molar-refractivity contribution < 1.29 is 9.13 Å². The highest BCUT2D eigenvalue weighted by Gasteiger charge is 2.07. The van der Waals surface area contributed by atoms with Gasteiger partial charge in [-0.2, -0.15) is 14.8 Å². The number of nitrogens with zero attached hydrogens (tertiary/aromatic N) is 3. The maximum atomic E-state index is 11.9. The molecule has 0 saturated heterocycles. The van der Waals surface area contributed by atoms with Gasteiger partial charge >= 0.3 is 5.69 Å². The summed E-state index contributed by atoms with van der Waals surface area (Å²) in [7, 11) is 0. The van der Waals surface area contributed by atoms with E-state index in [2.05, 4.69) is 10.1 Å². The van der Waals surface area contributed by atoms with Gasteiger partial charge in [0.2, 0.25) is 5.88 Å². The van der Waals surface area contributed by atoms with Gasteiger partial charge in [0.15, 0.2) is 0 Å². The molecule has 0 radical (unpaired) electrons. The molecule has 100 valence electrons. The van der Waals surface area contributed by atoms with Gasteiger partial charge in [0.25, 0.3) is 0 Å². The molecule has 0 aliphatic rings. The van der Waals surface area contributed by atoms with Gasteiger partial charge in [-0.3, -0.25) is 0 Å². The van der Waals surface area contributed by atoms with Crippen molar-refractivity contribution in [2.45, 2.75) is 0 Å². The van der Waals surface area contributed by atoms with E-state index >= 15 is 0 Å². The van der Waals surface area contributed by atoms with Crippen molar-refractivity contribution >= 4 is 23.2 Å².